The van der Waals surface area contributed by atoms with Crippen LogP contribution in [0.1, 0.15) is 44.1 Å². The van der Waals surface area contributed by atoms with Gasteiger partial charge in [0.1, 0.15) is 5.75 Å². The maximum atomic E-state index is 6.32. The van der Waals surface area contributed by atoms with Crippen LogP contribution in [0.15, 0.2) is 46.9 Å². The lowest BCUT2D eigenvalue weighted by molar-refractivity contribution is 0.109. The Morgan fingerprint density at radius 3 is 2.63 bits per heavy atom. The highest BCUT2D eigenvalue weighted by atomic mass is 79.9. The van der Waals surface area contributed by atoms with Gasteiger partial charge in [-0.3, -0.25) is 0 Å². The summed E-state index contributed by atoms with van der Waals surface area (Å²) in [5.41, 5.74) is 1.43. The Kier molecular flexibility index (Phi) is 8.72. The van der Waals surface area contributed by atoms with Crippen molar-refractivity contribution in [1.29, 1.82) is 0 Å². The first-order valence-corrected chi connectivity index (χ1v) is 11.5. The fourth-order valence-electron chi connectivity index (χ4n) is 4.41. The Morgan fingerprint density at radius 1 is 1.10 bits per heavy atom. The molecule has 4 rings (SSSR count). The molecule has 164 valence electrons. The molecule has 0 saturated carbocycles. The zero-order valence-electron chi connectivity index (χ0n) is 17.5. The van der Waals surface area contributed by atoms with Gasteiger partial charge in [-0.1, -0.05) is 50.1 Å². The van der Waals surface area contributed by atoms with Crippen molar-refractivity contribution in [3.63, 3.8) is 0 Å². The summed E-state index contributed by atoms with van der Waals surface area (Å²) < 4.78 is 18.2. The van der Waals surface area contributed by atoms with Gasteiger partial charge in [0.15, 0.2) is 11.5 Å². The molecule has 6 heteroatoms. The van der Waals surface area contributed by atoms with Gasteiger partial charge in [0, 0.05) is 24.6 Å². The molecule has 0 unspecified atom stereocenters. The molecule has 0 aliphatic carbocycles. The number of rotatable bonds is 8. The smallest absolute Gasteiger partial charge is 0.231 e. The van der Waals surface area contributed by atoms with Crippen LogP contribution in [-0.2, 0) is 0 Å². The average molecular weight is 497 g/mol. The van der Waals surface area contributed by atoms with Gasteiger partial charge in [-0.25, -0.2) is 0 Å². The number of halogens is 2. The predicted octanol–water partition coefficient (Wildman–Crippen LogP) is 6.27. The lowest BCUT2D eigenvalue weighted by atomic mass is 9.81. The van der Waals surface area contributed by atoms with Crippen LogP contribution in [-0.4, -0.2) is 37.9 Å². The van der Waals surface area contributed by atoms with E-state index in [1.165, 1.54) is 44.3 Å². The highest BCUT2D eigenvalue weighted by Gasteiger charge is 2.31. The molecule has 2 aliphatic rings. The number of nitrogens with zero attached hydrogens (tertiary/aromatic N) is 1. The molecular formula is C24H31BrClNO3. The molecule has 2 heterocycles. The number of piperidine rings is 1. The van der Waals surface area contributed by atoms with Crippen LogP contribution in [0.4, 0.5) is 0 Å². The van der Waals surface area contributed by atoms with E-state index in [-0.39, 0.29) is 19.2 Å². The largest absolute Gasteiger partial charge is 0.492 e. The van der Waals surface area contributed by atoms with Crippen molar-refractivity contribution in [1.82, 2.24) is 4.90 Å². The number of ether oxygens (including phenoxy) is 3. The molecule has 4 nitrogen and oxygen atoms in total. The minimum atomic E-state index is 0. The maximum Gasteiger partial charge on any atom is 0.231 e. The van der Waals surface area contributed by atoms with Crippen molar-refractivity contribution in [3.8, 4) is 17.2 Å². The summed E-state index contributed by atoms with van der Waals surface area (Å²) in [5.74, 6) is 3.35. The third-order valence-corrected chi connectivity index (χ3v) is 6.62. The summed E-state index contributed by atoms with van der Waals surface area (Å²) in [6.07, 6.45) is 5.05. The van der Waals surface area contributed by atoms with E-state index in [9.17, 15) is 0 Å². The summed E-state index contributed by atoms with van der Waals surface area (Å²) >= 11 is 3.62. The SMILES string of the molecule is CCCCCN1CC[C@H](c2ccccc2)[C@@H](COc2cc3c(cc2Br)OCO3)C1.Cl. The summed E-state index contributed by atoms with van der Waals surface area (Å²) in [5, 5.41) is 0. The fraction of sp³-hybridized carbons (Fsp3) is 0.500. The van der Waals surface area contributed by atoms with Gasteiger partial charge in [0.25, 0.3) is 0 Å². The standard InChI is InChI=1S/C24H30BrNO3.ClH/c1-2-3-7-11-26-12-10-20(18-8-5-4-6-9-18)19(15-26)16-27-22-14-24-23(13-21(22)25)28-17-29-24;/h4-6,8-9,13-14,19-20H,2-3,7,10-12,15-17H2,1H3;1H/t19-,20-;/m1./s1. The number of hydrogen-bond acceptors (Lipinski definition) is 4. The van der Waals surface area contributed by atoms with Crippen molar-refractivity contribution < 1.29 is 14.2 Å². The van der Waals surface area contributed by atoms with E-state index in [1.807, 2.05) is 12.1 Å². The van der Waals surface area contributed by atoms with Gasteiger partial charge in [-0.2, -0.15) is 0 Å². The van der Waals surface area contributed by atoms with Gasteiger partial charge in [-0.05, 0) is 53.3 Å². The minimum Gasteiger partial charge on any atom is -0.492 e. The van der Waals surface area contributed by atoms with E-state index in [0.29, 0.717) is 18.4 Å². The van der Waals surface area contributed by atoms with Crippen LogP contribution >= 0.6 is 28.3 Å². The molecule has 1 saturated heterocycles. The highest BCUT2D eigenvalue weighted by molar-refractivity contribution is 9.10. The topological polar surface area (TPSA) is 30.9 Å². The third-order valence-electron chi connectivity index (χ3n) is 6.00. The third kappa shape index (κ3) is 5.63. The summed E-state index contributed by atoms with van der Waals surface area (Å²) in [7, 11) is 0. The fourth-order valence-corrected chi connectivity index (χ4v) is 4.85. The second-order valence-corrected chi connectivity index (χ2v) is 8.87. The van der Waals surface area contributed by atoms with E-state index >= 15 is 0 Å². The minimum absolute atomic E-state index is 0. The second kappa shape index (κ2) is 11.3. The first-order valence-electron chi connectivity index (χ1n) is 10.7. The molecule has 2 atom stereocenters. The van der Waals surface area contributed by atoms with Gasteiger partial charge in [0.2, 0.25) is 6.79 Å². The van der Waals surface area contributed by atoms with Crippen molar-refractivity contribution >= 4 is 28.3 Å². The number of hydrogen-bond donors (Lipinski definition) is 0. The van der Waals surface area contributed by atoms with Gasteiger partial charge >= 0.3 is 0 Å². The summed E-state index contributed by atoms with van der Waals surface area (Å²) in [6, 6.07) is 14.8. The monoisotopic (exact) mass is 495 g/mol. The van der Waals surface area contributed by atoms with Gasteiger partial charge in [-0.15, -0.1) is 12.4 Å². The van der Waals surface area contributed by atoms with Gasteiger partial charge < -0.3 is 19.1 Å². The molecular weight excluding hydrogens is 466 g/mol. The van der Waals surface area contributed by atoms with E-state index in [0.717, 1.165) is 28.3 Å². The van der Waals surface area contributed by atoms with Crippen molar-refractivity contribution in [2.24, 2.45) is 5.92 Å². The van der Waals surface area contributed by atoms with Crippen LogP contribution < -0.4 is 14.2 Å². The molecule has 0 N–H and O–H groups in total. The first-order chi connectivity index (χ1) is 14.2. The molecule has 2 aromatic carbocycles. The Hall–Kier alpha value is -1.43. The molecule has 0 bridgehead atoms. The molecule has 0 spiro atoms. The molecule has 0 amide bonds. The van der Waals surface area contributed by atoms with Crippen LogP contribution in [0.5, 0.6) is 17.2 Å². The Bertz CT molecular complexity index is 805. The molecule has 0 radical (unpaired) electrons. The molecule has 30 heavy (non-hydrogen) atoms. The normalized spacial score (nSPS) is 20.6. The second-order valence-electron chi connectivity index (χ2n) is 8.02. The highest BCUT2D eigenvalue weighted by Crippen LogP contribution is 2.41. The molecule has 0 aromatic heterocycles. The van der Waals surface area contributed by atoms with Crippen molar-refractivity contribution in [2.45, 2.75) is 38.5 Å². The first kappa shape index (κ1) is 23.2. The molecule has 2 aliphatic heterocycles. The summed E-state index contributed by atoms with van der Waals surface area (Å²) in [4.78, 5) is 2.62. The Labute approximate surface area is 194 Å². The number of likely N-dealkylation sites (tertiary alicyclic amines) is 1. The van der Waals surface area contributed by atoms with E-state index in [1.54, 1.807) is 0 Å². The lowest BCUT2D eigenvalue weighted by Gasteiger charge is -2.39. The number of unbranched alkanes of at least 4 members (excludes halogenated alkanes) is 2. The number of benzene rings is 2. The Balaban J connectivity index is 0.00000256. The van der Waals surface area contributed by atoms with Crippen LogP contribution in [0, 0.1) is 5.92 Å². The molecule has 1 fully saturated rings. The van der Waals surface area contributed by atoms with E-state index in [4.69, 9.17) is 14.2 Å². The number of fused-ring (bicyclic) bond motifs is 1. The van der Waals surface area contributed by atoms with Crippen LogP contribution in [0.3, 0.4) is 0 Å². The zero-order valence-corrected chi connectivity index (χ0v) is 19.9. The maximum absolute atomic E-state index is 6.32. The van der Waals surface area contributed by atoms with Crippen LogP contribution in [0.25, 0.3) is 0 Å². The zero-order chi connectivity index (χ0) is 20.1. The van der Waals surface area contributed by atoms with Crippen molar-refractivity contribution in [2.75, 3.05) is 33.0 Å². The predicted molar refractivity (Wildman–Crippen MR) is 126 cm³/mol. The van der Waals surface area contributed by atoms with Crippen LogP contribution in [0.2, 0.25) is 0 Å². The molecule has 2 aromatic rings. The summed E-state index contributed by atoms with van der Waals surface area (Å²) in [6.45, 7) is 6.69. The van der Waals surface area contributed by atoms with Crippen molar-refractivity contribution in [3.05, 3.63) is 52.5 Å². The average Bonchev–Trinajstić information content (AvgIpc) is 3.20. The quantitative estimate of drug-likeness (QED) is 0.403. The Morgan fingerprint density at radius 2 is 1.87 bits per heavy atom. The lowest BCUT2D eigenvalue weighted by Crippen LogP contribution is -2.42. The van der Waals surface area contributed by atoms with Gasteiger partial charge in [0.05, 0.1) is 11.1 Å². The van der Waals surface area contributed by atoms with E-state index in [2.05, 4.69) is 58.1 Å². The van der Waals surface area contributed by atoms with E-state index < -0.39 is 0 Å².